The van der Waals surface area contributed by atoms with Crippen LogP contribution in [0.1, 0.15) is 5.56 Å². The minimum atomic E-state index is 0.380. The number of rotatable bonds is 0. The fraction of sp³-hybridized carbons (Fsp3) is 0.111. The van der Waals surface area contributed by atoms with E-state index in [0.29, 0.717) is 5.75 Å². The van der Waals surface area contributed by atoms with Crippen LogP contribution in [0.25, 0.3) is 5.52 Å². The first-order chi connectivity index (χ1) is 5.29. The summed E-state index contributed by atoms with van der Waals surface area (Å²) >= 11 is 0. The second-order valence-electron chi connectivity index (χ2n) is 2.65. The van der Waals surface area contributed by atoms with Gasteiger partial charge in [-0.15, -0.1) is 0 Å². The normalized spacial score (nSPS) is 10.6. The van der Waals surface area contributed by atoms with Gasteiger partial charge in [0.2, 0.25) is 0 Å². The van der Waals surface area contributed by atoms with Gasteiger partial charge in [-0.1, -0.05) is 6.07 Å². The van der Waals surface area contributed by atoms with Gasteiger partial charge in [-0.2, -0.15) is 0 Å². The average Bonchev–Trinajstić information content (AvgIpc) is 2.30. The lowest BCUT2D eigenvalue weighted by Crippen LogP contribution is -1.76. The third kappa shape index (κ3) is 0.792. The number of fused-ring (bicyclic) bond motifs is 1. The number of pyridine rings is 1. The first kappa shape index (κ1) is 6.28. The molecule has 0 aromatic carbocycles. The van der Waals surface area contributed by atoms with E-state index in [-0.39, 0.29) is 0 Å². The van der Waals surface area contributed by atoms with Gasteiger partial charge >= 0.3 is 0 Å². The molecule has 2 heteroatoms. The number of hydrogen-bond acceptors (Lipinski definition) is 1. The van der Waals surface area contributed by atoms with Crippen molar-refractivity contribution in [2.75, 3.05) is 0 Å². The van der Waals surface area contributed by atoms with Crippen molar-refractivity contribution in [3.8, 4) is 5.75 Å². The molecule has 0 bridgehead atoms. The smallest absolute Gasteiger partial charge is 0.143 e. The van der Waals surface area contributed by atoms with Crippen molar-refractivity contribution >= 4 is 5.52 Å². The molecule has 2 heterocycles. The Labute approximate surface area is 64.7 Å². The van der Waals surface area contributed by atoms with Gasteiger partial charge in [-0.3, -0.25) is 0 Å². The molecule has 2 rings (SSSR count). The molecule has 0 aliphatic carbocycles. The van der Waals surface area contributed by atoms with Crippen LogP contribution >= 0.6 is 0 Å². The molecule has 0 aliphatic heterocycles. The van der Waals surface area contributed by atoms with Gasteiger partial charge in [0.15, 0.2) is 0 Å². The Bertz CT molecular complexity index is 389. The van der Waals surface area contributed by atoms with Gasteiger partial charge in [0.1, 0.15) is 5.75 Å². The quantitative estimate of drug-likeness (QED) is 0.605. The van der Waals surface area contributed by atoms with E-state index in [2.05, 4.69) is 0 Å². The topological polar surface area (TPSA) is 24.6 Å². The van der Waals surface area contributed by atoms with Crippen molar-refractivity contribution in [1.29, 1.82) is 0 Å². The zero-order valence-corrected chi connectivity index (χ0v) is 6.28. The maximum atomic E-state index is 9.48. The first-order valence-electron chi connectivity index (χ1n) is 3.54. The molecule has 0 fully saturated rings. The first-order valence-corrected chi connectivity index (χ1v) is 3.54. The van der Waals surface area contributed by atoms with Gasteiger partial charge in [-0.05, 0) is 19.1 Å². The summed E-state index contributed by atoms with van der Waals surface area (Å²) in [5, 5.41) is 9.48. The van der Waals surface area contributed by atoms with Crippen LogP contribution in [-0.4, -0.2) is 9.51 Å². The van der Waals surface area contributed by atoms with E-state index in [1.54, 1.807) is 0 Å². The summed E-state index contributed by atoms with van der Waals surface area (Å²) in [5.74, 6) is 0.380. The van der Waals surface area contributed by atoms with E-state index < -0.39 is 0 Å². The van der Waals surface area contributed by atoms with Crippen LogP contribution in [0.15, 0.2) is 30.6 Å². The lowest BCUT2D eigenvalue weighted by atomic mass is 10.3. The molecule has 0 aliphatic rings. The second kappa shape index (κ2) is 2.02. The second-order valence-corrected chi connectivity index (χ2v) is 2.65. The minimum Gasteiger partial charge on any atom is -0.505 e. The molecule has 56 valence electrons. The highest BCUT2D eigenvalue weighted by molar-refractivity contribution is 5.63. The molecule has 2 aromatic rings. The van der Waals surface area contributed by atoms with Crippen LogP contribution < -0.4 is 0 Å². The van der Waals surface area contributed by atoms with Gasteiger partial charge in [-0.25, -0.2) is 0 Å². The van der Waals surface area contributed by atoms with E-state index >= 15 is 0 Å². The largest absolute Gasteiger partial charge is 0.505 e. The molecule has 0 spiro atoms. The Kier molecular flexibility index (Phi) is 1.15. The molecule has 2 nitrogen and oxygen atoms in total. The number of aryl methyl sites for hydroxylation is 1. The maximum absolute atomic E-state index is 9.48. The van der Waals surface area contributed by atoms with Crippen molar-refractivity contribution in [2.24, 2.45) is 0 Å². The van der Waals surface area contributed by atoms with Crippen LogP contribution in [0.2, 0.25) is 0 Å². The zero-order chi connectivity index (χ0) is 7.84. The van der Waals surface area contributed by atoms with Crippen LogP contribution in [0.3, 0.4) is 0 Å². The molecule has 0 amide bonds. The highest BCUT2D eigenvalue weighted by Crippen LogP contribution is 2.23. The van der Waals surface area contributed by atoms with Crippen molar-refractivity contribution in [2.45, 2.75) is 6.92 Å². The summed E-state index contributed by atoms with van der Waals surface area (Å²) in [4.78, 5) is 0. The molecule has 11 heavy (non-hydrogen) atoms. The third-order valence-electron chi connectivity index (χ3n) is 1.84. The molecule has 0 saturated carbocycles. The van der Waals surface area contributed by atoms with E-state index in [4.69, 9.17) is 0 Å². The molecule has 0 radical (unpaired) electrons. The maximum Gasteiger partial charge on any atom is 0.143 e. The highest BCUT2D eigenvalue weighted by Gasteiger charge is 2.02. The molecule has 1 N–H and O–H groups in total. The number of hydrogen-bond donors (Lipinski definition) is 1. The van der Waals surface area contributed by atoms with Crippen molar-refractivity contribution < 1.29 is 5.11 Å². The van der Waals surface area contributed by atoms with E-state index in [9.17, 15) is 5.11 Å². The lowest BCUT2D eigenvalue weighted by Gasteiger charge is -1.91. The van der Waals surface area contributed by atoms with Gasteiger partial charge in [0, 0.05) is 18.0 Å². The van der Waals surface area contributed by atoms with Gasteiger partial charge in [0.25, 0.3) is 0 Å². The summed E-state index contributed by atoms with van der Waals surface area (Å²) in [6.45, 7) is 1.89. The van der Waals surface area contributed by atoms with E-state index in [1.165, 1.54) is 0 Å². The predicted octanol–water partition coefficient (Wildman–Crippen LogP) is 1.95. The highest BCUT2D eigenvalue weighted by atomic mass is 16.3. The molecular formula is C9H9NO. The van der Waals surface area contributed by atoms with Crippen LogP contribution in [0, 0.1) is 6.92 Å². The number of nitrogens with zero attached hydrogens (tertiary/aromatic N) is 1. The van der Waals surface area contributed by atoms with Gasteiger partial charge in [0.05, 0.1) is 5.52 Å². The molecule has 0 saturated heterocycles. The van der Waals surface area contributed by atoms with E-state index in [1.807, 2.05) is 41.9 Å². The molecular weight excluding hydrogens is 138 g/mol. The Morgan fingerprint density at radius 3 is 2.91 bits per heavy atom. The van der Waals surface area contributed by atoms with Crippen molar-refractivity contribution in [3.63, 3.8) is 0 Å². The van der Waals surface area contributed by atoms with Gasteiger partial charge < -0.3 is 9.51 Å². The summed E-state index contributed by atoms with van der Waals surface area (Å²) in [6.07, 6.45) is 3.83. The number of aromatic nitrogens is 1. The Morgan fingerprint density at radius 1 is 1.36 bits per heavy atom. The van der Waals surface area contributed by atoms with Crippen molar-refractivity contribution in [1.82, 2.24) is 4.40 Å². The van der Waals surface area contributed by atoms with Crippen LogP contribution in [-0.2, 0) is 0 Å². The van der Waals surface area contributed by atoms with Crippen LogP contribution in [0.4, 0.5) is 0 Å². The summed E-state index contributed by atoms with van der Waals surface area (Å²) in [7, 11) is 0. The fourth-order valence-corrected chi connectivity index (χ4v) is 1.24. The fourth-order valence-electron chi connectivity index (χ4n) is 1.24. The summed E-state index contributed by atoms with van der Waals surface area (Å²) in [5.41, 5.74) is 1.78. The molecule has 0 unspecified atom stereocenters. The Balaban J connectivity index is 2.92. The third-order valence-corrected chi connectivity index (χ3v) is 1.84. The molecule has 0 atom stereocenters. The monoisotopic (exact) mass is 147 g/mol. The Morgan fingerprint density at radius 2 is 2.18 bits per heavy atom. The van der Waals surface area contributed by atoms with Crippen LogP contribution in [0.5, 0.6) is 5.75 Å². The van der Waals surface area contributed by atoms with E-state index in [0.717, 1.165) is 11.1 Å². The Hall–Kier alpha value is -1.44. The number of aromatic hydroxyl groups is 1. The lowest BCUT2D eigenvalue weighted by molar-refractivity contribution is 0.478. The standard InChI is InChI=1S/C9H9NO/c1-7-6-10-5-3-2-4-8(10)9(7)11/h2-6,11H,1H3. The zero-order valence-electron chi connectivity index (χ0n) is 6.28. The summed E-state index contributed by atoms with van der Waals surface area (Å²) in [6, 6.07) is 5.74. The van der Waals surface area contributed by atoms with Crippen molar-refractivity contribution in [3.05, 3.63) is 36.2 Å². The SMILES string of the molecule is Cc1cn2ccccc2c1O. The minimum absolute atomic E-state index is 0.380. The predicted molar refractivity (Wildman–Crippen MR) is 43.8 cm³/mol. The summed E-state index contributed by atoms with van der Waals surface area (Å²) < 4.78 is 1.91. The molecule has 2 aromatic heterocycles. The average molecular weight is 147 g/mol.